The minimum absolute atomic E-state index is 0.124. The number of rotatable bonds is 1. The van der Waals surface area contributed by atoms with E-state index in [-0.39, 0.29) is 11.4 Å². The molecule has 2 N–H and O–H groups in total. The first-order valence-corrected chi connectivity index (χ1v) is 3.15. The Morgan fingerprint density at radius 2 is 2.25 bits per heavy atom. The number of anilines is 1. The van der Waals surface area contributed by atoms with Gasteiger partial charge in [-0.15, -0.1) is 6.42 Å². The second-order valence-electron chi connectivity index (χ2n) is 2.18. The van der Waals surface area contributed by atoms with Gasteiger partial charge in [0.2, 0.25) is 0 Å². The van der Waals surface area contributed by atoms with E-state index in [0.29, 0.717) is 5.56 Å². The van der Waals surface area contributed by atoms with Gasteiger partial charge in [0.1, 0.15) is 5.69 Å². The van der Waals surface area contributed by atoms with E-state index >= 15 is 0 Å². The molecule has 0 fully saturated rings. The van der Waals surface area contributed by atoms with Crippen LogP contribution in [0.4, 0.5) is 11.4 Å². The molecule has 1 rings (SSSR count). The molecule has 1 aromatic rings. The fraction of sp³-hybridized carbons (Fsp3) is 0. The molecule has 0 unspecified atom stereocenters. The highest BCUT2D eigenvalue weighted by molar-refractivity contribution is 5.61. The molecule has 0 saturated heterocycles. The zero-order valence-corrected chi connectivity index (χ0v) is 6.15. The number of hydrogen-bond acceptors (Lipinski definition) is 3. The maximum absolute atomic E-state index is 10.3. The molecule has 0 aliphatic heterocycles. The minimum Gasteiger partial charge on any atom is -0.393 e. The molecule has 4 nitrogen and oxygen atoms in total. The van der Waals surface area contributed by atoms with Crippen LogP contribution in [0.1, 0.15) is 5.56 Å². The van der Waals surface area contributed by atoms with Crippen LogP contribution < -0.4 is 5.73 Å². The molecule has 0 aromatic heterocycles. The van der Waals surface area contributed by atoms with Gasteiger partial charge in [-0.2, -0.15) is 0 Å². The van der Waals surface area contributed by atoms with Crippen LogP contribution in [-0.2, 0) is 0 Å². The average Bonchev–Trinajstić information content (AvgIpc) is 2.05. The maximum Gasteiger partial charge on any atom is 0.293 e. The lowest BCUT2D eigenvalue weighted by Crippen LogP contribution is -1.95. The van der Waals surface area contributed by atoms with Crippen molar-refractivity contribution in [2.24, 2.45) is 0 Å². The van der Waals surface area contributed by atoms with Gasteiger partial charge in [0.15, 0.2) is 0 Å². The molecule has 0 bridgehead atoms. The monoisotopic (exact) mass is 162 g/mol. The van der Waals surface area contributed by atoms with Crippen molar-refractivity contribution in [1.29, 1.82) is 0 Å². The molecule has 0 heterocycles. The highest BCUT2D eigenvalue weighted by Gasteiger charge is 2.10. The molecule has 4 heteroatoms. The Kier molecular flexibility index (Phi) is 1.97. The molecular weight excluding hydrogens is 156 g/mol. The Labute approximate surface area is 69.2 Å². The van der Waals surface area contributed by atoms with Gasteiger partial charge in [0.05, 0.1) is 4.92 Å². The van der Waals surface area contributed by atoms with E-state index in [1.54, 1.807) is 6.07 Å². The van der Waals surface area contributed by atoms with Crippen molar-refractivity contribution in [3.8, 4) is 12.3 Å². The molecule has 12 heavy (non-hydrogen) atoms. The van der Waals surface area contributed by atoms with Crippen molar-refractivity contribution < 1.29 is 4.92 Å². The van der Waals surface area contributed by atoms with Crippen LogP contribution in [0.2, 0.25) is 0 Å². The molecule has 60 valence electrons. The SMILES string of the molecule is C#Cc1ccc(N)c([N+](=O)[O-])c1. The highest BCUT2D eigenvalue weighted by Crippen LogP contribution is 2.21. The molecule has 0 radical (unpaired) electrons. The molecule has 0 aliphatic rings. The standard InChI is InChI=1S/C8H6N2O2/c1-2-6-3-4-7(9)8(5-6)10(11)12/h1,3-5H,9H2. The van der Waals surface area contributed by atoms with Crippen LogP contribution in [-0.4, -0.2) is 4.92 Å². The predicted molar refractivity (Wildman–Crippen MR) is 45.4 cm³/mol. The van der Waals surface area contributed by atoms with Crippen LogP contribution >= 0.6 is 0 Å². The summed E-state index contributed by atoms with van der Waals surface area (Å²) in [6.07, 6.45) is 5.06. The van der Waals surface area contributed by atoms with E-state index in [2.05, 4.69) is 5.92 Å². The van der Waals surface area contributed by atoms with Gasteiger partial charge in [-0.25, -0.2) is 0 Å². The van der Waals surface area contributed by atoms with Crippen molar-refractivity contribution in [1.82, 2.24) is 0 Å². The molecule has 0 amide bonds. The quantitative estimate of drug-likeness (QED) is 0.291. The summed E-state index contributed by atoms with van der Waals surface area (Å²) in [5.74, 6) is 2.29. The number of nitro benzene ring substituents is 1. The third-order valence-corrected chi connectivity index (χ3v) is 1.39. The summed E-state index contributed by atoms with van der Waals surface area (Å²) in [5, 5.41) is 10.3. The number of terminal acetylenes is 1. The van der Waals surface area contributed by atoms with Crippen LogP contribution in [0.15, 0.2) is 18.2 Å². The van der Waals surface area contributed by atoms with Gasteiger partial charge in [-0.3, -0.25) is 10.1 Å². The number of benzene rings is 1. The molecule has 0 aliphatic carbocycles. The van der Waals surface area contributed by atoms with Gasteiger partial charge >= 0.3 is 0 Å². The van der Waals surface area contributed by atoms with Crippen molar-refractivity contribution >= 4 is 11.4 Å². The number of nitro groups is 1. The normalized spacial score (nSPS) is 8.92. The predicted octanol–water partition coefficient (Wildman–Crippen LogP) is 1.16. The van der Waals surface area contributed by atoms with Crippen molar-refractivity contribution in [2.75, 3.05) is 5.73 Å². The second kappa shape index (κ2) is 2.93. The van der Waals surface area contributed by atoms with E-state index in [9.17, 15) is 10.1 Å². The van der Waals surface area contributed by atoms with Crippen molar-refractivity contribution in [3.63, 3.8) is 0 Å². The first kappa shape index (κ1) is 8.08. The van der Waals surface area contributed by atoms with Crippen LogP contribution in [0, 0.1) is 22.5 Å². The Morgan fingerprint density at radius 3 is 2.75 bits per heavy atom. The third kappa shape index (κ3) is 1.35. The molecule has 0 spiro atoms. The zero-order chi connectivity index (χ0) is 9.14. The first-order valence-electron chi connectivity index (χ1n) is 3.15. The molecule has 1 aromatic carbocycles. The van der Waals surface area contributed by atoms with Crippen molar-refractivity contribution in [3.05, 3.63) is 33.9 Å². The summed E-state index contributed by atoms with van der Waals surface area (Å²) in [5.41, 5.74) is 5.77. The van der Waals surface area contributed by atoms with E-state index < -0.39 is 4.92 Å². The van der Waals surface area contributed by atoms with E-state index in [0.717, 1.165) is 0 Å². The van der Waals surface area contributed by atoms with Gasteiger partial charge < -0.3 is 5.73 Å². The summed E-state index contributed by atoms with van der Waals surface area (Å²) in [6, 6.07) is 4.25. The Balaban J connectivity index is 3.28. The molecule has 0 saturated carbocycles. The lowest BCUT2D eigenvalue weighted by molar-refractivity contribution is -0.383. The van der Waals surface area contributed by atoms with Gasteiger partial charge in [-0.1, -0.05) is 5.92 Å². The smallest absolute Gasteiger partial charge is 0.293 e. The topological polar surface area (TPSA) is 69.2 Å². The summed E-state index contributed by atoms with van der Waals surface area (Å²) in [4.78, 5) is 9.79. The summed E-state index contributed by atoms with van der Waals surface area (Å²) in [7, 11) is 0. The molecular formula is C8H6N2O2. The van der Waals surface area contributed by atoms with Gasteiger partial charge in [0, 0.05) is 11.6 Å². The number of nitrogens with two attached hydrogens (primary N) is 1. The summed E-state index contributed by atoms with van der Waals surface area (Å²) < 4.78 is 0. The number of hydrogen-bond donors (Lipinski definition) is 1. The average molecular weight is 162 g/mol. The summed E-state index contributed by atoms with van der Waals surface area (Å²) in [6.45, 7) is 0. The van der Waals surface area contributed by atoms with E-state index in [1.165, 1.54) is 12.1 Å². The fourth-order valence-electron chi connectivity index (χ4n) is 0.792. The van der Waals surface area contributed by atoms with Crippen LogP contribution in [0.5, 0.6) is 0 Å². The second-order valence-corrected chi connectivity index (χ2v) is 2.18. The van der Waals surface area contributed by atoms with Crippen molar-refractivity contribution in [2.45, 2.75) is 0 Å². The maximum atomic E-state index is 10.3. The largest absolute Gasteiger partial charge is 0.393 e. The fourth-order valence-corrected chi connectivity index (χ4v) is 0.792. The van der Waals surface area contributed by atoms with Crippen LogP contribution in [0.3, 0.4) is 0 Å². The van der Waals surface area contributed by atoms with Crippen LogP contribution in [0.25, 0.3) is 0 Å². The Hall–Kier alpha value is -2.02. The third-order valence-electron chi connectivity index (χ3n) is 1.39. The zero-order valence-electron chi connectivity index (χ0n) is 6.15. The summed E-state index contributed by atoms with van der Waals surface area (Å²) >= 11 is 0. The Morgan fingerprint density at radius 1 is 1.58 bits per heavy atom. The van der Waals surface area contributed by atoms with Gasteiger partial charge in [-0.05, 0) is 12.1 Å². The Bertz CT molecular complexity index is 366. The first-order chi connectivity index (χ1) is 5.65. The minimum atomic E-state index is -0.559. The van der Waals surface area contributed by atoms with E-state index in [1.807, 2.05) is 0 Å². The molecule has 0 atom stereocenters. The lowest BCUT2D eigenvalue weighted by Gasteiger charge is -1.96. The highest BCUT2D eigenvalue weighted by atomic mass is 16.6. The van der Waals surface area contributed by atoms with E-state index in [4.69, 9.17) is 12.2 Å². The lowest BCUT2D eigenvalue weighted by atomic mass is 10.2. The van der Waals surface area contributed by atoms with Gasteiger partial charge in [0.25, 0.3) is 5.69 Å². The number of nitrogen functional groups attached to an aromatic ring is 1. The number of nitrogens with zero attached hydrogens (tertiary/aromatic N) is 1.